The minimum atomic E-state index is -2.14. The van der Waals surface area contributed by atoms with Gasteiger partial charge in [0.1, 0.15) is 5.60 Å². The highest BCUT2D eigenvalue weighted by molar-refractivity contribution is 6.71. The zero-order valence-corrected chi connectivity index (χ0v) is 24.3. The molecule has 0 aliphatic carbocycles. The van der Waals surface area contributed by atoms with E-state index in [1.54, 1.807) is 0 Å². The second-order valence-corrected chi connectivity index (χ2v) is 15.7. The van der Waals surface area contributed by atoms with Crippen LogP contribution in [0.5, 0.6) is 0 Å². The van der Waals surface area contributed by atoms with Gasteiger partial charge in [0.25, 0.3) is 0 Å². The first-order valence-corrected chi connectivity index (χ1v) is 16.5. The maximum Gasteiger partial charge on any atom is 0.407 e. The van der Waals surface area contributed by atoms with Crippen molar-refractivity contribution in [2.75, 3.05) is 0 Å². The second-order valence-electron chi connectivity index (χ2n) is 11.4. The summed E-state index contributed by atoms with van der Waals surface area (Å²) in [4.78, 5) is 25.3. The molecule has 2 aromatic rings. The number of hydrogen-bond acceptors (Lipinski definition) is 4. The van der Waals surface area contributed by atoms with Crippen LogP contribution in [0.2, 0.25) is 19.1 Å². The average Bonchev–Trinajstić information content (AvgIpc) is 2.81. The number of rotatable bonds is 14. The third-order valence-electron chi connectivity index (χ3n) is 6.24. The Hall–Kier alpha value is -2.64. The Morgan fingerprint density at radius 2 is 1.49 bits per heavy atom. The smallest absolute Gasteiger partial charge is 0.407 e. The molecular formula is C30H45NO5Si. The van der Waals surface area contributed by atoms with Crippen LogP contribution < -0.4 is 5.32 Å². The van der Waals surface area contributed by atoms with Crippen molar-refractivity contribution in [2.45, 2.75) is 96.7 Å². The third kappa shape index (κ3) is 12.0. The molecule has 7 heteroatoms. The molecule has 0 aliphatic rings. The van der Waals surface area contributed by atoms with Gasteiger partial charge in [-0.1, -0.05) is 80.4 Å². The van der Waals surface area contributed by atoms with Gasteiger partial charge in [0, 0.05) is 0 Å². The van der Waals surface area contributed by atoms with Crippen LogP contribution in [0.25, 0.3) is 0 Å². The van der Waals surface area contributed by atoms with Gasteiger partial charge < -0.3 is 19.6 Å². The molecular weight excluding hydrogens is 482 g/mol. The fourth-order valence-electron chi connectivity index (χ4n) is 4.42. The third-order valence-corrected chi connectivity index (χ3v) is 8.74. The van der Waals surface area contributed by atoms with Gasteiger partial charge in [0.05, 0.1) is 18.1 Å². The summed E-state index contributed by atoms with van der Waals surface area (Å²) in [5.74, 6) is -1.51. The molecule has 0 heterocycles. The van der Waals surface area contributed by atoms with E-state index in [2.05, 4.69) is 25.3 Å². The second kappa shape index (κ2) is 14.3. The van der Waals surface area contributed by atoms with Crippen LogP contribution in [0.4, 0.5) is 4.79 Å². The Labute approximate surface area is 223 Å². The molecule has 2 rings (SSSR count). The fraction of sp³-hybridized carbons (Fsp3) is 0.533. The molecule has 0 spiro atoms. The van der Waals surface area contributed by atoms with Crippen LogP contribution in [-0.2, 0) is 26.8 Å². The van der Waals surface area contributed by atoms with E-state index < -0.39 is 44.0 Å². The largest absolute Gasteiger partial charge is 0.481 e. The number of benzene rings is 2. The van der Waals surface area contributed by atoms with Gasteiger partial charge in [-0.3, -0.25) is 4.79 Å². The summed E-state index contributed by atoms with van der Waals surface area (Å²) in [5.41, 5.74) is 1.36. The molecule has 6 nitrogen and oxygen atoms in total. The van der Waals surface area contributed by atoms with Crippen molar-refractivity contribution < 1.29 is 23.9 Å². The van der Waals surface area contributed by atoms with Gasteiger partial charge >= 0.3 is 12.1 Å². The van der Waals surface area contributed by atoms with E-state index >= 15 is 0 Å². The molecule has 1 amide bonds. The van der Waals surface area contributed by atoms with Gasteiger partial charge in [0.2, 0.25) is 0 Å². The number of carboxylic acids is 1. The summed E-state index contributed by atoms with van der Waals surface area (Å²) in [6.45, 7) is 12.0. The van der Waals surface area contributed by atoms with E-state index in [-0.39, 0.29) is 0 Å². The van der Waals surface area contributed by atoms with Crippen LogP contribution in [0, 0.1) is 5.92 Å². The molecule has 0 radical (unpaired) electrons. The first kappa shape index (κ1) is 30.6. The topological polar surface area (TPSA) is 84.9 Å². The Morgan fingerprint density at radius 1 is 0.946 bits per heavy atom. The number of aliphatic carboxylic acids is 1. The summed E-state index contributed by atoms with van der Waals surface area (Å²) in [7, 11) is -2.14. The van der Waals surface area contributed by atoms with Crippen molar-refractivity contribution in [1.82, 2.24) is 5.32 Å². The first-order valence-electron chi connectivity index (χ1n) is 13.4. The highest BCUT2D eigenvalue weighted by atomic mass is 28.4. The van der Waals surface area contributed by atoms with E-state index in [0.29, 0.717) is 19.3 Å². The van der Waals surface area contributed by atoms with Crippen LogP contribution in [-0.4, -0.2) is 43.2 Å². The van der Waals surface area contributed by atoms with Crippen LogP contribution in [0.3, 0.4) is 0 Å². The molecule has 0 fully saturated rings. The van der Waals surface area contributed by atoms with Gasteiger partial charge in [-0.15, -0.1) is 0 Å². The van der Waals surface area contributed by atoms with Crippen molar-refractivity contribution in [3.8, 4) is 0 Å². The van der Waals surface area contributed by atoms with E-state index in [1.807, 2.05) is 81.4 Å². The molecule has 3 atom stereocenters. The number of amides is 1. The van der Waals surface area contributed by atoms with Crippen LogP contribution in [0.15, 0.2) is 60.7 Å². The SMILES string of the molecule is CCCC[Si](C)(C)O[C@@H](C[C@@H](Cc1ccccc1)C(=O)O)[C@H](Cc1ccccc1)NC(=O)OC(C)(C)C. The van der Waals surface area contributed by atoms with E-state index in [0.717, 1.165) is 30.0 Å². The van der Waals surface area contributed by atoms with Gasteiger partial charge in [0.15, 0.2) is 8.32 Å². The Balaban J connectivity index is 2.40. The summed E-state index contributed by atoms with van der Waals surface area (Å²) in [6, 6.07) is 20.1. The van der Waals surface area contributed by atoms with E-state index in [1.165, 1.54) is 0 Å². The van der Waals surface area contributed by atoms with Crippen molar-refractivity contribution in [3.05, 3.63) is 71.8 Å². The molecule has 0 saturated heterocycles. The van der Waals surface area contributed by atoms with E-state index in [9.17, 15) is 14.7 Å². The van der Waals surface area contributed by atoms with Crippen LogP contribution in [0.1, 0.15) is 58.1 Å². The first-order chi connectivity index (χ1) is 17.4. The van der Waals surface area contributed by atoms with E-state index in [4.69, 9.17) is 9.16 Å². The minimum Gasteiger partial charge on any atom is -0.481 e. The molecule has 37 heavy (non-hydrogen) atoms. The van der Waals surface area contributed by atoms with Crippen molar-refractivity contribution in [2.24, 2.45) is 5.92 Å². The molecule has 0 bridgehead atoms. The molecule has 2 aromatic carbocycles. The Kier molecular flexibility index (Phi) is 11.8. The number of unbranched alkanes of at least 4 members (excludes halogenated alkanes) is 1. The number of ether oxygens (including phenoxy) is 1. The summed E-state index contributed by atoms with van der Waals surface area (Å²) >= 11 is 0. The maximum absolute atomic E-state index is 12.9. The average molecular weight is 528 g/mol. The number of nitrogens with one attached hydrogen (secondary N) is 1. The number of alkyl carbamates (subject to hydrolysis) is 1. The standard InChI is InChI=1S/C30H45NO5Si/c1-7-8-19-37(5,6)36-27(22-25(28(32)33)20-23-15-11-9-12-16-23)26(21-24-17-13-10-14-18-24)31-29(34)35-30(2,3)4/h9-18,25-27H,7-8,19-22H2,1-6H3,(H,31,34)(H,32,33)/t25-,26+,27+/m1/s1. The molecule has 0 aliphatic heterocycles. The summed E-state index contributed by atoms with van der Waals surface area (Å²) < 4.78 is 12.4. The molecule has 0 saturated carbocycles. The van der Waals surface area contributed by atoms with Gasteiger partial charge in [-0.25, -0.2) is 4.79 Å². The zero-order valence-electron chi connectivity index (χ0n) is 23.3. The Morgan fingerprint density at radius 3 is 1.97 bits per heavy atom. The highest BCUT2D eigenvalue weighted by Crippen LogP contribution is 2.26. The van der Waals surface area contributed by atoms with Gasteiger partial charge in [-0.05, 0) is 70.3 Å². The van der Waals surface area contributed by atoms with Crippen LogP contribution >= 0.6 is 0 Å². The maximum atomic E-state index is 12.9. The number of carboxylic acid groups (broad SMARTS) is 1. The normalized spacial score (nSPS) is 14.4. The number of carbonyl (C=O) groups is 2. The lowest BCUT2D eigenvalue weighted by molar-refractivity contribution is -0.142. The van der Waals surface area contributed by atoms with Crippen molar-refractivity contribution in [3.63, 3.8) is 0 Å². The predicted octanol–water partition coefficient (Wildman–Crippen LogP) is 6.85. The highest BCUT2D eigenvalue weighted by Gasteiger charge is 2.36. The Bertz CT molecular complexity index is 959. The lowest BCUT2D eigenvalue weighted by atomic mass is 9.89. The zero-order chi connectivity index (χ0) is 27.5. The molecule has 2 N–H and O–H groups in total. The monoisotopic (exact) mass is 527 g/mol. The fourth-order valence-corrected chi connectivity index (χ4v) is 6.82. The molecule has 0 aromatic heterocycles. The van der Waals surface area contributed by atoms with Crippen molar-refractivity contribution in [1.29, 1.82) is 0 Å². The quantitative estimate of drug-likeness (QED) is 0.263. The van der Waals surface area contributed by atoms with Crippen molar-refractivity contribution >= 4 is 20.4 Å². The summed E-state index contributed by atoms with van der Waals surface area (Å²) in [6.07, 6.45) is 2.33. The minimum absolute atomic E-state index is 0.292. The molecule has 204 valence electrons. The lowest BCUT2D eigenvalue weighted by Gasteiger charge is -2.36. The van der Waals surface area contributed by atoms with Gasteiger partial charge in [-0.2, -0.15) is 0 Å². The number of hydrogen-bond donors (Lipinski definition) is 2. The predicted molar refractivity (Wildman–Crippen MR) is 151 cm³/mol. The number of carbonyl (C=O) groups excluding carboxylic acids is 1. The molecule has 0 unspecified atom stereocenters. The summed E-state index contributed by atoms with van der Waals surface area (Å²) in [5, 5.41) is 13.2. The lowest BCUT2D eigenvalue weighted by Crippen LogP contribution is -2.52.